The van der Waals surface area contributed by atoms with Gasteiger partial charge < -0.3 is 14.2 Å². The lowest BCUT2D eigenvalue weighted by Gasteiger charge is -2.09. The summed E-state index contributed by atoms with van der Waals surface area (Å²) in [7, 11) is 0. The fraction of sp³-hybridized carbons (Fsp3) is 0.600. The predicted octanol–water partition coefficient (Wildman–Crippen LogP) is -0.145. The molecule has 0 radical (unpaired) electrons. The van der Waals surface area contributed by atoms with Gasteiger partial charge in [-0.1, -0.05) is 6.92 Å². The summed E-state index contributed by atoms with van der Waals surface area (Å²) < 4.78 is 13.5. The molecule has 1 N–H and O–H groups in total. The lowest BCUT2D eigenvalue weighted by Crippen LogP contribution is -2.29. The summed E-state index contributed by atoms with van der Waals surface area (Å²) in [6, 6.07) is 0. The SMILES string of the molecule is CCCC(=O)OCOC(=O)OC1CC(=O)NC1=O. The number of ether oxygens (including phenoxy) is 3. The number of hydrogen-bond acceptors (Lipinski definition) is 7. The average Bonchev–Trinajstić information content (AvgIpc) is 2.57. The van der Waals surface area contributed by atoms with Gasteiger partial charge in [0.25, 0.3) is 5.91 Å². The van der Waals surface area contributed by atoms with Crippen molar-refractivity contribution < 1.29 is 33.4 Å². The zero-order valence-corrected chi connectivity index (χ0v) is 9.76. The Bertz CT molecular complexity index is 365. The molecule has 1 aliphatic rings. The molecule has 0 bridgehead atoms. The molecule has 0 aliphatic carbocycles. The zero-order chi connectivity index (χ0) is 13.5. The lowest BCUT2D eigenvalue weighted by atomic mass is 10.3. The largest absolute Gasteiger partial charge is 0.511 e. The average molecular weight is 259 g/mol. The molecule has 1 heterocycles. The van der Waals surface area contributed by atoms with Gasteiger partial charge in [0.2, 0.25) is 12.7 Å². The molecule has 0 aromatic heterocycles. The summed E-state index contributed by atoms with van der Waals surface area (Å²) in [5.74, 6) is -1.72. The Labute approximate surface area is 103 Å². The van der Waals surface area contributed by atoms with Crippen molar-refractivity contribution in [2.45, 2.75) is 32.3 Å². The van der Waals surface area contributed by atoms with Crippen LogP contribution in [0.2, 0.25) is 0 Å². The second-order valence-electron chi connectivity index (χ2n) is 3.50. The first-order valence-corrected chi connectivity index (χ1v) is 5.35. The molecule has 1 unspecified atom stereocenters. The summed E-state index contributed by atoms with van der Waals surface area (Å²) in [5, 5.41) is 1.97. The topological polar surface area (TPSA) is 108 Å². The second-order valence-corrected chi connectivity index (χ2v) is 3.50. The molecule has 1 aliphatic heterocycles. The summed E-state index contributed by atoms with van der Waals surface area (Å²) in [6.07, 6.45) is -1.75. The van der Waals surface area contributed by atoms with Gasteiger partial charge in [-0.25, -0.2) is 4.79 Å². The molecule has 8 heteroatoms. The fourth-order valence-electron chi connectivity index (χ4n) is 1.19. The second kappa shape index (κ2) is 6.58. The summed E-state index contributed by atoms with van der Waals surface area (Å²) >= 11 is 0. The van der Waals surface area contributed by atoms with Crippen molar-refractivity contribution in [1.29, 1.82) is 0 Å². The molecular weight excluding hydrogens is 246 g/mol. The van der Waals surface area contributed by atoms with Gasteiger partial charge in [0.05, 0.1) is 6.42 Å². The van der Waals surface area contributed by atoms with E-state index < -0.39 is 36.8 Å². The third-order valence-electron chi connectivity index (χ3n) is 2.02. The monoisotopic (exact) mass is 259 g/mol. The number of rotatable bonds is 5. The molecule has 1 fully saturated rings. The lowest BCUT2D eigenvalue weighted by molar-refractivity contribution is -0.154. The maximum atomic E-state index is 11.1. The Morgan fingerprint density at radius 1 is 1.33 bits per heavy atom. The van der Waals surface area contributed by atoms with Crippen LogP contribution in [-0.2, 0) is 28.6 Å². The summed E-state index contributed by atoms with van der Waals surface area (Å²) in [6.45, 7) is 1.21. The molecule has 8 nitrogen and oxygen atoms in total. The Hall–Kier alpha value is -2.12. The van der Waals surface area contributed by atoms with Crippen molar-refractivity contribution in [1.82, 2.24) is 5.32 Å². The standard InChI is InChI=1S/C10H13NO7/c1-2-3-8(13)16-5-17-10(15)18-6-4-7(12)11-9(6)14/h6H,2-5H2,1H3,(H,11,12,14). The molecule has 2 amide bonds. The van der Waals surface area contributed by atoms with Crippen LogP contribution in [0.1, 0.15) is 26.2 Å². The van der Waals surface area contributed by atoms with Crippen LogP contribution in [-0.4, -0.2) is 36.8 Å². The first kappa shape index (κ1) is 13.9. The van der Waals surface area contributed by atoms with Gasteiger partial charge in [-0.05, 0) is 6.42 Å². The molecular formula is C10H13NO7. The first-order chi connectivity index (χ1) is 8.52. The van der Waals surface area contributed by atoms with Crippen LogP contribution in [0.25, 0.3) is 0 Å². The van der Waals surface area contributed by atoms with Crippen LogP contribution in [0.15, 0.2) is 0 Å². The maximum absolute atomic E-state index is 11.1. The molecule has 0 spiro atoms. The van der Waals surface area contributed by atoms with E-state index in [1.165, 1.54) is 0 Å². The highest BCUT2D eigenvalue weighted by Gasteiger charge is 2.34. The smallest absolute Gasteiger partial charge is 0.428 e. The van der Waals surface area contributed by atoms with E-state index in [1.807, 2.05) is 5.32 Å². The van der Waals surface area contributed by atoms with Crippen molar-refractivity contribution in [3.8, 4) is 0 Å². The molecule has 100 valence electrons. The van der Waals surface area contributed by atoms with Crippen LogP contribution >= 0.6 is 0 Å². The highest BCUT2D eigenvalue weighted by Crippen LogP contribution is 2.07. The summed E-state index contributed by atoms with van der Waals surface area (Å²) in [5.41, 5.74) is 0. The summed E-state index contributed by atoms with van der Waals surface area (Å²) in [4.78, 5) is 43.8. The molecule has 0 saturated carbocycles. The Balaban J connectivity index is 2.20. The van der Waals surface area contributed by atoms with E-state index in [4.69, 9.17) is 0 Å². The molecule has 1 rings (SSSR count). The first-order valence-electron chi connectivity index (χ1n) is 5.35. The molecule has 0 aromatic rings. The quantitative estimate of drug-likeness (QED) is 0.415. The van der Waals surface area contributed by atoms with Gasteiger partial charge in [-0.2, -0.15) is 0 Å². The van der Waals surface area contributed by atoms with Crippen molar-refractivity contribution in [2.75, 3.05) is 6.79 Å². The minimum atomic E-state index is -1.18. The number of esters is 1. The number of carbonyl (C=O) groups is 4. The number of imide groups is 1. The van der Waals surface area contributed by atoms with Crippen LogP contribution in [0.5, 0.6) is 0 Å². The van der Waals surface area contributed by atoms with Gasteiger partial charge in [-0.3, -0.25) is 19.7 Å². The van der Waals surface area contributed by atoms with Crippen LogP contribution in [0.3, 0.4) is 0 Å². The third kappa shape index (κ3) is 4.40. The highest BCUT2D eigenvalue weighted by atomic mass is 16.8. The Morgan fingerprint density at radius 3 is 2.61 bits per heavy atom. The molecule has 1 atom stereocenters. The highest BCUT2D eigenvalue weighted by molar-refractivity contribution is 6.05. The minimum absolute atomic E-state index is 0.220. The fourth-order valence-corrected chi connectivity index (χ4v) is 1.19. The van der Waals surface area contributed by atoms with Crippen molar-refractivity contribution in [2.24, 2.45) is 0 Å². The van der Waals surface area contributed by atoms with Crippen LogP contribution in [0.4, 0.5) is 4.79 Å². The van der Waals surface area contributed by atoms with Crippen molar-refractivity contribution in [3.05, 3.63) is 0 Å². The van der Waals surface area contributed by atoms with E-state index in [0.29, 0.717) is 6.42 Å². The van der Waals surface area contributed by atoms with Gasteiger partial charge in [0.1, 0.15) is 0 Å². The number of hydrogen-bond donors (Lipinski definition) is 1. The van der Waals surface area contributed by atoms with Gasteiger partial charge in [0.15, 0.2) is 6.10 Å². The Morgan fingerprint density at radius 2 is 2.06 bits per heavy atom. The number of amides is 2. The molecule has 0 aromatic carbocycles. The van der Waals surface area contributed by atoms with Gasteiger partial charge in [-0.15, -0.1) is 0 Å². The Kier molecular flexibility index (Phi) is 5.09. The van der Waals surface area contributed by atoms with Crippen molar-refractivity contribution in [3.63, 3.8) is 0 Å². The zero-order valence-electron chi connectivity index (χ0n) is 9.76. The normalized spacial score (nSPS) is 18.2. The predicted molar refractivity (Wildman–Crippen MR) is 55.0 cm³/mol. The number of carbonyl (C=O) groups excluding carboxylic acids is 4. The van der Waals surface area contributed by atoms with E-state index in [9.17, 15) is 19.2 Å². The maximum Gasteiger partial charge on any atom is 0.511 e. The van der Waals surface area contributed by atoms with Crippen LogP contribution < -0.4 is 5.32 Å². The van der Waals surface area contributed by atoms with Gasteiger partial charge >= 0.3 is 12.1 Å². The van der Waals surface area contributed by atoms with E-state index in [2.05, 4.69) is 14.2 Å². The molecule has 18 heavy (non-hydrogen) atoms. The van der Waals surface area contributed by atoms with E-state index in [0.717, 1.165) is 0 Å². The van der Waals surface area contributed by atoms with E-state index >= 15 is 0 Å². The van der Waals surface area contributed by atoms with Crippen molar-refractivity contribution >= 4 is 23.9 Å². The van der Waals surface area contributed by atoms with Gasteiger partial charge in [0, 0.05) is 6.42 Å². The third-order valence-corrected chi connectivity index (χ3v) is 2.02. The van der Waals surface area contributed by atoms with E-state index in [1.54, 1.807) is 6.92 Å². The number of nitrogens with one attached hydrogen (secondary N) is 1. The van der Waals surface area contributed by atoms with E-state index in [-0.39, 0.29) is 12.8 Å². The molecule has 1 saturated heterocycles. The minimum Gasteiger partial charge on any atom is -0.428 e. The van der Waals surface area contributed by atoms with Crippen LogP contribution in [0, 0.1) is 0 Å².